The average molecular weight is 203 g/mol. The third-order valence-electron chi connectivity index (χ3n) is 1.70. The summed E-state index contributed by atoms with van der Waals surface area (Å²) in [6.45, 7) is 3.58. The average Bonchev–Trinajstić information content (AvgIpc) is 2.02. The van der Waals surface area contributed by atoms with Gasteiger partial charge in [0.1, 0.15) is 0 Å². The molecule has 0 aromatic rings. The van der Waals surface area contributed by atoms with Gasteiger partial charge in [0.25, 0.3) is 0 Å². The van der Waals surface area contributed by atoms with Crippen LogP contribution in [0.4, 0.5) is 9.59 Å². The Labute approximate surface area is 81.2 Å². The van der Waals surface area contributed by atoms with Crippen molar-refractivity contribution in [3.8, 4) is 0 Å². The molecule has 1 rings (SSSR count). The van der Waals surface area contributed by atoms with Gasteiger partial charge in [-0.2, -0.15) is 0 Å². The summed E-state index contributed by atoms with van der Waals surface area (Å²) in [4.78, 5) is 23.9. The molecule has 0 unspecified atom stereocenters. The van der Waals surface area contributed by atoms with E-state index in [9.17, 15) is 9.59 Å². The van der Waals surface area contributed by atoms with E-state index in [4.69, 9.17) is 0 Å². The summed E-state index contributed by atoms with van der Waals surface area (Å²) < 4.78 is 0. The third kappa shape index (κ3) is 2.06. The summed E-state index contributed by atoms with van der Waals surface area (Å²) in [5.74, 6) is 0. The molecule has 1 aliphatic rings. The molecule has 0 spiro atoms. The standard InChI is InChI=1S/C7H13N3O2S/c1-4(2)10-6(11)8-5(13-3)9-7(10)12/h4-5H,1-3H3,(H,8,11)(H,9,12). The van der Waals surface area contributed by atoms with Gasteiger partial charge in [-0.15, -0.1) is 11.8 Å². The molecule has 2 N–H and O–H groups in total. The zero-order valence-electron chi connectivity index (χ0n) is 7.83. The lowest BCUT2D eigenvalue weighted by molar-refractivity contribution is 0.162. The van der Waals surface area contributed by atoms with Crippen molar-refractivity contribution >= 4 is 23.8 Å². The quantitative estimate of drug-likeness (QED) is 0.697. The van der Waals surface area contributed by atoms with Gasteiger partial charge in [-0.05, 0) is 20.1 Å². The second-order valence-corrected chi connectivity index (χ2v) is 3.92. The lowest BCUT2D eigenvalue weighted by Gasteiger charge is -2.33. The first kappa shape index (κ1) is 10.2. The summed E-state index contributed by atoms with van der Waals surface area (Å²) in [6, 6.07) is -0.793. The largest absolute Gasteiger partial charge is 0.328 e. The second kappa shape index (κ2) is 3.87. The van der Waals surface area contributed by atoms with E-state index in [-0.39, 0.29) is 23.6 Å². The lowest BCUT2D eigenvalue weighted by Crippen LogP contribution is -2.63. The maximum atomic E-state index is 11.4. The van der Waals surface area contributed by atoms with E-state index in [1.807, 2.05) is 6.26 Å². The molecule has 0 radical (unpaired) electrons. The Morgan fingerprint density at radius 1 is 1.31 bits per heavy atom. The van der Waals surface area contributed by atoms with Gasteiger partial charge in [0.05, 0.1) is 0 Å². The highest BCUT2D eigenvalue weighted by molar-refractivity contribution is 7.99. The number of thioether (sulfide) groups is 1. The minimum Gasteiger partial charge on any atom is -0.308 e. The summed E-state index contributed by atoms with van der Waals surface area (Å²) in [7, 11) is 0. The van der Waals surface area contributed by atoms with Crippen molar-refractivity contribution in [3.63, 3.8) is 0 Å². The zero-order valence-corrected chi connectivity index (χ0v) is 8.64. The number of rotatable bonds is 2. The molecular weight excluding hydrogens is 190 g/mol. The number of amides is 4. The van der Waals surface area contributed by atoms with E-state index in [0.29, 0.717) is 0 Å². The van der Waals surface area contributed by atoms with Gasteiger partial charge in [-0.3, -0.25) is 0 Å². The first-order chi connectivity index (χ1) is 6.06. The molecule has 0 aromatic carbocycles. The molecule has 0 aliphatic carbocycles. The smallest absolute Gasteiger partial charge is 0.308 e. The number of nitrogens with zero attached hydrogens (tertiary/aromatic N) is 1. The van der Waals surface area contributed by atoms with Crippen LogP contribution in [0.15, 0.2) is 0 Å². The van der Waals surface area contributed by atoms with Crippen molar-refractivity contribution < 1.29 is 9.59 Å². The predicted octanol–water partition coefficient (Wildman–Crippen LogP) is 0.776. The number of urea groups is 2. The summed E-state index contributed by atoms with van der Waals surface area (Å²) in [5, 5.41) is 5.29. The van der Waals surface area contributed by atoms with Gasteiger partial charge in [-0.1, -0.05) is 0 Å². The number of imide groups is 1. The molecule has 0 atom stereocenters. The van der Waals surface area contributed by atoms with E-state index in [2.05, 4.69) is 10.6 Å². The predicted molar refractivity (Wildman–Crippen MR) is 51.3 cm³/mol. The molecule has 4 amide bonds. The van der Waals surface area contributed by atoms with E-state index in [1.54, 1.807) is 13.8 Å². The molecule has 74 valence electrons. The fourth-order valence-corrected chi connectivity index (χ4v) is 1.52. The van der Waals surface area contributed by atoms with Crippen LogP contribution in [0.2, 0.25) is 0 Å². The molecular formula is C7H13N3O2S. The number of carbonyl (C=O) groups excluding carboxylic acids is 2. The van der Waals surface area contributed by atoms with Crippen LogP contribution in [0.1, 0.15) is 13.8 Å². The summed E-state index contributed by atoms with van der Waals surface area (Å²) >= 11 is 1.38. The summed E-state index contributed by atoms with van der Waals surface area (Å²) in [5.41, 5.74) is -0.310. The van der Waals surface area contributed by atoms with E-state index < -0.39 is 0 Å². The molecule has 13 heavy (non-hydrogen) atoms. The molecule has 1 fully saturated rings. The van der Waals surface area contributed by atoms with E-state index in [1.165, 1.54) is 11.8 Å². The Balaban J connectivity index is 2.70. The number of hydrogen-bond donors (Lipinski definition) is 2. The third-order valence-corrected chi connectivity index (χ3v) is 2.41. The topological polar surface area (TPSA) is 61.4 Å². The molecule has 0 aromatic heterocycles. The maximum Gasteiger partial charge on any atom is 0.328 e. The molecule has 5 nitrogen and oxygen atoms in total. The number of nitrogens with one attached hydrogen (secondary N) is 2. The van der Waals surface area contributed by atoms with Crippen LogP contribution in [0.5, 0.6) is 0 Å². The highest BCUT2D eigenvalue weighted by Crippen LogP contribution is 2.09. The minimum absolute atomic E-state index is 0.122. The first-order valence-electron chi connectivity index (χ1n) is 3.99. The molecule has 6 heteroatoms. The monoisotopic (exact) mass is 203 g/mol. The fraction of sp³-hybridized carbons (Fsp3) is 0.714. The Hall–Kier alpha value is -0.910. The van der Waals surface area contributed by atoms with Crippen molar-refractivity contribution in [1.29, 1.82) is 0 Å². The normalized spacial score (nSPS) is 18.9. The van der Waals surface area contributed by atoms with Gasteiger partial charge < -0.3 is 10.6 Å². The van der Waals surface area contributed by atoms with Gasteiger partial charge in [-0.25, -0.2) is 14.5 Å². The minimum atomic E-state index is -0.335. The van der Waals surface area contributed by atoms with Crippen molar-refractivity contribution in [2.24, 2.45) is 0 Å². The molecule has 0 saturated carbocycles. The van der Waals surface area contributed by atoms with Gasteiger partial charge in [0.2, 0.25) is 0 Å². The molecule has 0 bridgehead atoms. The zero-order chi connectivity index (χ0) is 10.0. The van der Waals surface area contributed by atoms with Crippen molar-refractivity contribution in [2.45, 2.75) is 25.4 Å². The Bertz CT molecular complexity index is 214. The van der Waals surface area contributed by atoms with Crippen LogP contribution in [-0.2, 0) is 0 Å². The molecule has 1 saturated heterocycles. The van der Waals surface area contributed by atoms with Crippen LogP contribution in [0.3, 0.4) is 0 Å². The van der Waals surface area contributed by atoms with Crippen molar-refractivity contribution in [3.05, 3.63) is 0 Å². The maximum absolute atomic E-state index is 11.4. The van der Waals surface area contributed by atoms with Crippen LogP contribution in [0, 0.1) is 0 Å². The second-order valence-electron chi connectivity index (χ2n) is 2.98. The number of carbonyl (C=O) groups is 2. The Morgan fingerprint density at radius 2 is 1.77 bits per heavy atom. The van der Waals surface area contributed by atoms with Gasteiger partial charge in [0, 0.05) is 6.04 Å². The van der Waals surface area contributed by atoms with E-state index >= 15 is 0 Å². The lowest BCUT2D eigenvalue weighted by atomic mass is 10.3. The van der Waals surface area contributed by atoms with Gasteiger partial charge in [0.15, 0.2) is 5.50 Å². The number of hydrogen-bond acceptors (Lipinski definition) is 3. The van der Waals surface area contributed by atoms with Crippen molar-refractivity contribution in [2.75, 3.05) is 6.26 Å². The fourth-order valence-electron chi connectivity index (χ4n) is 1.08. The van der Waals surface area contributed by atoms with Crippen LogP contribution < -0.4 is 10.6 Å². The summed E-state index contributed by atoms with van der Waals surface area (Å²) in [6.07, 6.45) is 1.82. The highest BCUT2D eigenvalue weighted by Gasteiger charge is 2.32. The van der Waals surface area contributed by atoms with Gasteiger partial charge >= 0.3 is 12.1 Å². The highest BCUT2D eigenvalue weighted by atomic mass is 32.2. The molecule has 1 heterocycles. The van der Waals surface area contributed by atoms with Crippen molar-refractivity contribution in [1.82, 2.24) is 15.5 Å². The van der Waals surface area contributed by atoms with Crippen LogP contribution in [-0.4, -0.2) is 34.8 Å². The van der Waals surface area contributed by atoms with Crippen LogP contribution in [0.25, 0.3) is 0 Å². The Morgan fingerprint density at radius 3 is 2.08 bits per heavy atom. The van der Waals surface area contributed by atoms with E-state index in [0.717, 1.165) is 4.90 Å². The first-order valence-corrected chi connectivity index (χ1v) is 5.28. The SMILES string of the molecule is CSC1NC(=O)N(C(C)C)C(=O)N1. The Kier molecular flexibility index (Phi) is 3.02. The molecule has 1 aliphatic heterocycles. The van der Waals surface area contributed by atoms with Crippen LogP contribution >= 0.6 is 11.8 Å².